The maximum Gasteiger partial charge on any atom is 0.141 e. The summed E-state index contributed by atoms with van der Waals surface area (Å²) in [5.41, 5.74) is -0.284. The van der Waals surface area contributed by atoms with Gasteiger partial charge in [0.1, 0.15) is 16.4 Å². The Morgan fingerprint density at radius 1 is 1.21 bits per heavy atom. The molecule has 4 heteroatoms. The van der Waals surface area contributed by atoms with Crippen molar-refractivity contribution < 1.29 is 4.74 Å². The maximum atomic E-state index is 5.99. The molecule has 0 unspecified atom stereocenters. The summed E-state index contributed by atoms with van der Waals surface area (Å²) in [5.74, 6) is 0.596. The van der Waals surface area contributed by atoms with Gasteiger partial charge >= 0.3 is 0 Å². The van der Waals surface area contributed by atoms with Crippen molar-refractivity contribution in [2.45, 2.75) is 26.4 Å². The summed E-state index contributed by atoms with van der Waals surface area (Å²) in [6.45, 7) is 5.87. The Morgan fingerprint density at radius 2 is 1.79 bits per heavy atom. The highest BCUT2D eigenvalue weighted by molar-refractivity contribution is 9.10. The number of ether oxygens (including phenoxy) is 1. The number of benzene rings is 1. The number of hydrogen-bond acceptors (Lipinski definition) is 1. The number of halogens is 3. The second-order valence-corrected chi connectivity index (χ2v) is 5.62. The first-order chi connectivity index (χ1) is 6.29. The molecule has 1 rings (SSSR count). The second kappa shape index (κ2) is 4.30. The Hall–Kier alpha value is 0.0800. The highest BCUT2D eigenvalue weighted by atomic mass is 79.9. The Bertz CT molecular complexity index is 345. The minimum absolute atomic E-state index is 0.284. The molecule has 0 saturated heterocycles. The van der Waals surface area contributed by atoms with Crippen molar-refractivity contribution in [1.82, 2.24) is 0 Å². The van der Waals surface area contributed by atoms with Crippen molar-refractivity contribution in [3.8, 4) is 5.75 Å². The van der Waals surface area contributed by atoms with Crippen LogP contribution in [-0.2, 0) is 0 Å². The van der Waals surface area contributed by atoms with E-state index in [2.05, 4.69) is 15.9 Å². The molecule has 1 nitrogen and oxygen atoms in total. The van der Waals surface area contributed by atoms with Gasteiger partial charge in [0.25, 0.3) is 0 Å². The van der Waals surface area contributed by atoms with E-state index < -0.39 is 0 Å². The van der Waals surface area contributed by atoms with Gasteiger partial charge in [-0.3, -0.25) is 0 Å². The molecule has 0 aromatic heterocycles. The quantitative estimate of drug-likeness (QED) is 0.668. The molecule has 0 saturated carbocycles. The fourth-order valence-electron chi connectivity index (χ4n) is 0.937. The lowest BCUT2D eigenvalue weighted by atomic mass is 10.2. The van der Waals surface area contributed by atoms with Crippen LogP contribution in [0.15, 0.2) is 16.6 Å². The van der Waals surface area contributed by atoms with Crippen molar-refractivity contribution >= 4 is 39.1 Å². The molecule has 0 N–H and O–H groups in total. The van der Waals surface area contributed by atoms with E-state index in [4.69, 9.17) is 27.9 Å². The predicted octanol–water partition coefficient (Wildman–Crippen LogP) is 4.93. The van der Waals surface area contributed by atoms with Gasteiger partial charge in [-0.25, -0.2) is 0 Å². The summed E-state index contributed by atoms with van der Waals surface area (Å²) in [7, 11) is 0. The molecule has 0 bridgehead atoms. The lowest BCUT2D eigenvalue weighted by Gasteiger charge is -2.22. The summed E-state index contributed by atoms with van der Waals surface area (Å²) >= 11 is 15.2. The SMILES string of the molecule is CC(C)(C)Oc1cc(Br)cc(Cl)c1Cl. The van der Waals surface area contributed by atoms with E-state index in [1.165, 1.54) is 0 Å². The minimum Gasteiger partial charge on any atom is -0.486 e. The van der Waals surface area contributed by atoms with E-state index in [9.17, 15) is 0 Å². The molecule has 0 aliphatic carbocycles. The summed E-state index contributed by atoms with van der Waals surface area (Å²) in [5, 5.41) is 0.935. The Balaban J connectivity index is 3.09. The maximum absolute atomic E-state index is 5.99. The first-order valence-electron chi connectivity index (χ1n) is 4.13. The largest absolute Gasteiger partial charge is 0.486 e. The van der Waals surface area contributed by atoms with E-state index in [-0.39, 0.29) is 5.60 Å². The van der Waals surface area contributed by atoms with Crippen LogP contribution in [0, 0.1) is 0 Å². The topological polar surface area (TPSA) is 9.23 Å². The predicted molar refractivity (Wildman–Crippen MR) is 64.5 cm³/mol. The fraction of sp³-hybridized carbons (Fsp3) is 0.400. The third-order valence-electron chi connectivity index (χ3n) is 1.38. The Labute approximate surface area is 102 Å². The van der Waals surface area contributed by atoms with Gasteiger partial charge in [0.05, 0.1) is 5.02 Å². The summed E-state index contributed by atoms with van der Waals surface area (Å²) in [4.78, 5) is 0. The molecule has 0 atom stereocenters. The zero-order chi connectivity index (χ0) is 10.9. The van der Waals surface area contributed by atoms with Crippen LogP contribution < -0.4 is 4.74 Å². The zero-order valence-corrected chi connectivity index (χ0v) is 11.3. The monoisotopic (exact) mass is 296 g/mol. The fourth-order valence-corrected chi connectivity index (χ4v) is 1.86. The van der Waals surface area contributed by atoms with Crippen LogP contribution in [-0.4, -0.2) is 5.60 Å². The molecule has 0 fully saturated rings. The van der Waals surface area contributed by atoms with Crippen LogP contribution in [0.4, 0.5) is 0 Å². The molecule has 1 aromatic carbocycles. The molecule has 0 spiro atoms. The third-order valence-corrected chi connectivity index (χ3v) is 2.62. The molecule has 14 heavy (non-hydrogen) atoms. The van der Waals surface area contributed by atoms with Gasteiger partial charge in [0.2, 0.25) is 0 Å². The van der Waals surface area contributed by atoms with Gasteiger partial charge in [0.15, 0.2) is 0 Å². The lowest BCUT2D eigenvalue weighted by Crippen LogP contribution is -2.23. The van der Waals surface area contributed by atoms with Crippen molar-refractivity contribution in [3.63, 3.8) is 0 Å². The summed E-state index contributed by atoms with van der Waals surface area (Å²) < 4.78 is 6.50. The smallest absolute Gasteiger partial charge is 0.141 e. The molecule has 78 valence electrons. The molecule has 1 aromatic rings. The number of hydrogen-bond donors (Lipinski definition) is 0. The van der Waals surface area contributed by atoms with E-state index in [0.717, 1.165) is 4.47 Å². The highest BCUT2D eigenvalue weighted by Crippen LogP contribution is 2.36. The van der Waals surface area contributed by atoms with Crippen molar-refractivity contribution in [2.75, 3.05) is 0 Å². The standard InChI is InChI=1S/C10H11BrCl2O/c1-10(2,3)14-8-5-6(11)4-7(12)9(8)13/h4-5H,1-3H3. The minimum atomic E-state index is -0.284. The van der Waals surface area contributed by atoms with Crippen molar-refractivity contribution in [2.24, 2.45) is 0 Å². The van der Waals surface area contributed by atoms with E-state index in [0.29, 0.717) is 15.8 Å². The van der Waals surface area contributed by atoms with Gasteiger partial charge < -0.3 is 4.74 Å². The van der Waals surface area contributed by atoms with Crippen LogP contribution in [0.1, 0.15) is 20.8 Å². The highest BCUT2D eigenvalue weighted by Gasteiger charge is 2.16. The van der Waals surface area contributed by atoms with Gasteiger partial charge in [-0.05, 0) is 32.9 Å². The molecule has 0 aliphatic heterocycles. The van der Waals surface area contributed by atoms with Crippen molar-refractivity contribution in [1.29, 1.82) is 0 Å². The summed E-state index contributed by atoms with van der Waals surface area (Å²) in [6.07, 6.45) is 0. The molecule has 0 heterocycles. The van der Waals surface area contributed by atoms with Crippen LogP contribution >= 0.6 is 39.1 Å². The summed E-state index contributed by atoms with van der Waals surface area (Å²) in [6, 6.07) is 3.54. The second-order valence-electron chi connectivity index (χ2n) is 3.91. The van der Waals surface area contributed by atoms with Gasteiger partial charge in [-0.2, -0.15) is 0 Å². The molecule has 0 amide bonds. The first-order valence-corrected chi connectivity index (χ1v) is 5.68. The van der Waals surface area contributed by atoms with E-state index in [1.54, 1.807) is 12.1 Å². The third kappa shape index (κ3) is 3.34. The van der Waals surface area contributed by atoms with E-state index in [1.807, 2.05) is 20.8 Å². The molecule has 0 aliphatic rings. The molecular weight excluding hydrogens is 287 g/mol. The Kier molecular flexibility index (Phi) is 3.73. The number of rotatable bonds is 1. The van der Waals surface area contributed by atoms with Crippen LogP contribution in [0.25, 0.3) is 0 Å². The van der Waals surface area contributed by atoms with Crippen LogP contribution in [0.2, 0.25) is 10.0 Å². The molecule has 0 radical (unpaired) electrons. The van der Waals surface area contributed by atoms with Gasteiger partial charge in [0, 0.05) is 4.47 Å². The normalized spacial score (nSPS) is 11.6. The van der Waals surface area contributed by atoms with Crippen LogP contribution in [0.5, 0.6) is 5.75 Å². The first kappa shape index (κ1) is 12.2. The van der Waals surface area contributed by atoms with Gasteiger partial charge in [-0.1, -0.05) is 39.1 Å². The Morgan fingerprint density at radius 3 is 2.29 bits per heavy atom. The average Bonchev–Trinajstić information content (AvgIpc) is 1.96. The molecular formula is C10H11BrCl2O. The van der Waals surface area contributed by atoms with Crippen LogP contribution in [0.3, 0.4) is 0 Å². The average molecular weight is 298 g/mol. The van der Waals surface area contributed by atoms with Crippen molar-refractivity contribution in [3.05, 3.63) is 26.7 Å². The zero-order valence-electron chi connectivity index (χ0n) is 8.20. The van der Waals surface area contributed by atoms with E-state index >= 15 is 0 Å². The van der Waals surface area contributed by atoms with Gasteiger partial charge in [-0.15, -0.1) is 0 Å². The lowest BCUT2D eigenvalue weighted by molar-refractivity contribution is 0.131.